The maximum Gasteiger partial charge on any atom is 0.243 e. The van der Waals surface area contributed by atoms with Gasteiger partial charge in [-0.1, -0.05) is 17.7 Å². The SMILES string of the molecule is O=C(C[C@H]1C(=O)NCCN1C(=O)CN1CCN(c2ccc(F)cc2)CC1)Nc1cccc(Cl)c1. The molecule has 4 rings (SSSR count). The van der Waals surface area contributed by atoms with Gasteiger partial charge in [-0.05, 0) is 42.5 Å². The van der Waals surface area contributed by atoms with Crippen LogP contribution in [0, 0.1) is 5.82 Å². The number of anilines is 2. The van der Waals surface area contributed by atoms with Crippen molar-refractivity contribution < 1.29 is 18.8 Å². The van der Waals surface area contributed by atoms with Crippen LogP contribution in [0.1, 0.15) is 6.42 Å². The maximum atomic E-state index is 13.2. The molecule has 2 aliphatic heterocycles. The van der Waals surface area contributed by atoms with Crippen molar-refractivity contribution in [2.45, 2.75) is 12.5 Å². The number of hydrogen-bond donors (Lipinski definition) is 2. The van der Waals surface area contributed by atoms with Crippen LogP contribution < -0.4 is 15.5 Å². The van der Waals surface area contributed by atoms with Crippen LogP contribution >= 0.6 is 11.6 Å². The van der Waals surface area contributed by atoms with E-state index in [9.17, 15) is 18.8 Å². The van der Waals surface area contributed by atoms with Gasteiger partial charge in [-0.25, -0.2) is 4.39 Å². The fourth-order valence-electron chi connectivity index (χ4n) is 4.27. The van der Waals surface area contributed by atoms with Gasteiger partial charge in [0.25, 0.3) is 0 Å². The highest BCUT2D eigenvalue weighted by Crippen LogP contribution is 2.19. The number of benzene rings is 2. The maximum absolute atomic E-state index is 13.2. The second-order valence-electron chi connectivity index (χ2n) is 8.40. The molecule has 8 nitrogen and oxygen atoms in total. The monoisotopic (exact) mass is 487 g/mol. The highest BCUT2D eigenvalue weighted by molar-refractivity contribution is 6.30. The van der Waals surface area contributed by atoms with E-state index in [2.05, 4.69) is 15.5 Å². The second kappa shape index (κ2) is 10.8. The minimum Gasteiger partial charge on any atom is -0.369 e. The van der Waals surface area contributed by atoms with Crippen molar-refractivity contribution in [3.8, 4) is 0 Å². The summed E-state index contributed by atoms with van der Waals surface area (Å²) in [5.41, 5.74) is 1.48. The predicted octanol–water partition coefficient (Wildman–Crippen LogP) is 1.96. The molecule has 0 bridgehead atoms. The Kier molecular flexibility index (Phi) is 7.64. The van der Waals surface area contributed by atoms with E-state index < -0.39 is 6.04 Å². The Morgan fingerprint density at radius 1 is 1.06 bits per heavy atom. The van der Waals surface area contributed by atoms with E-state index >= 15 is 0 Å². The molecule has 2 aromatic rings. The first-order chi connectivity index (χ1) is 16.4. The highest BCUT2D eigenvalue weighted by Gasteiger charge is 2.35. The minimum atomic E-state index is -0.860. The third kappa shape index (κ3) is 6.03. The number of nitrogens with one attached hydrogen (secondary N) is 2. The number of amides is 3. The fourth-order valence-corrected chi connectivity index (χ4v) is 4.46. The standard InChI is InChI=1S/C24H27ClFN5O3/c25-17-2-1-3-19(14-17)28-22(32)15-21-24(34)27-8-9-31(21)23(33)16-29-10-12-30(13-11-29)20-6-4-18(26)5-7-20/h1-7,14,21H,8-13,15-16H2,(H,27,34)(H,28,32)/t21-/m0/s1. The van der Waals surface area contributed by atoms with Gasteiger partial charge >= 0.3 is 0 Å². The van der Waals surface area contributed by atoms with E-state index in [-0.39, 0.29) is 36.5 Å². The molecule has 0 spiro atoms. The molecular weight excluding hydrogens is 461 g/mol. The zero-order chi connectivity index (χ0) is 24.1. The Hall–Kier alpha value is -3.17. The normalized spacial score (nSPS) is 19.0. The molecule has 10 heteroatoms. The number of hydrogen-bond acceptors (Lipinski definition) is 5. The Morgan fingerprint density at radius 3 is 2.50 bits per heavy atom. The average Bonchev–Trinajstić information content (AvgIpc) is 2.81. The summed E-state index contributed by atoms with van der Waals surface area (Å²) in [4.78, 5) is 43.9. The van der Waals surface area contributed by atoms with Crippen LogP contribution in [-0.4, -0.2) is 79.4 Å². The van der Waals surface area contributed by atoms with Gasteiger partial charge in [-0.15, -0.1) is 0 Å². The molecule has 0 aliphatic carbocycles. The number of carbonyl (C=O) groups is 3. The van der Waals surface area contributed by atoms with Gasteiger partial charge in [-0.3, -0.25) is 19.3 Å². The lowest BCUT2D eigenvalue weighted by atomic mass is 10.1. The summed E-state index contributed by atoms with van der Waals surface area (Å²) in [6, 6.07) is 12.3. The molecule has 2 fully saturated rings. The van der Waals surface area contributed by atoms with Crippen LogP contribution in [0.3, 0.4) is 0 Å². The quantitative estimate of drug-likeness (QED) is 0.650. The third-order valence-electron chi connectivity index (χ3n) is 6.06. The Morgan fingerprint density at radius 2 is 1.79 bits per heavy atom. The lowest BCUT2D eigenvalue weighted by Crippen LogP contribution is -2.60. The van der Waals surface area contributed by atoms with Crippen molar-refractivity contribution in [3.63, 3.8) is 0 Å². The number of piperazine rings is 2. The van der Waals surface area contributed by atoms with E-state index in [1.165, 1.54) is 17.0 Å². The van der Waals surface area contributed by atoms with Crippen molar-refractivity contribution in [3.05, 3.63) is 59.4 Å². The van der Waals surface area contributed by atoms with Crippen LogP contribution in [0.15, 0.2) is 48.5 Å². The van der Waals surface area contributed by atoms with Crippen molar-refractivity contribution in [2.24, 2.45) is 0 Å². The van der Waals surface area contributed by atoms with Crippen LogP contribution in [0.25, 0.3) is 0 Å². The molecule has 2 N–H and O–H groups in total. The number of carbonyl (C=O) groups excluding carboxylic acids is 3. The van der Waals surface area contributed by atoms with Gasteiger partial charge in [0.1, 0.15) is 11.9 Å². The van der Waals surface area contributed by atoms with Gasteiger partial charge in [0.15, 0.2) is 0 Å². The van der Waals surface area contributed by atoms with Crippen molar-refractivity contribution in [1.29, 1.82) is 0 Å². The van der Waals surface area contributed by atoms with Crippen LogP contribution in [0.2, 0.25) is 5.02 Å². The van der Waals surface area contributed by atoms with E-state index in [4.69, 9.17) is 11.6 Å². The molecule has 34 heavy (non-hydrogen) atoms. The Balaban J connectivity index is 1.32. The van der Waals surface area contributed by atoms with Gasteiger partial charge in [0, 0.05) is 55.7 Å². The summed E-state index contributed by atoms with van der Waals surface area (Å²) in [6.45, 7) is 3.66. The summed E-state index contributed by atoms with van der Waals surface area (Å²) in [5.74, 6) is -1.14. The van der Waals surface area contributed by atoms with E-state index in [1.807, 2.05) is 4.90 Å². The minimum absolute atomic E-state index is 0.136. The van der Waals surface area contributed by atoms with E-state index in [1.54, 1.807) is 36.4 Å². The van der Waals surface area contributed by atoms with Crippen LogP contribution in [0.4, 0.5) is 15.8 Å². The smallest absolute Gasteiger partial charge is 0.243 e. The van der Waals surface area contributed by atoms with Crippen LogP contribution in [0.5, 0.6) is 0 Å². The number of nitrogens with zero attached hydrogens (tertiary/aromatic N) is 3. The van der Waals surface area contributed by atoms with Crippen molar-refractivity contribution >= 4 is 40.7 Å². The number of halogens is 2. The Bertz CT molecular complexity index is 1040. The summed E-state index contributed by atoms with van der Waals surface area (Å²) in [6.07, 6.45) is -0.136. The lowest BCUT2D eigenvalue weighted by molar-refractivity contribution is -0.145. The van der Waals surface area contributed by atoms with Crippen LogP contribution in [-0.2, 0) is 14.4 Å². The molecule has 0 radical (unpaired) electrons. The molecular formula is C24H27ClFN5O3. The van der Waals surface area contributed by atoms with Crippen molar-refractivity contribution in [1.82, 2.24) is 15.1 Å². The number of rotatable bonds is 6. The zero-order valence-corrected chi connectivity index (χ0v) is 19.4. The molecule has 0 unspecified atom stereocenters. The molecule has 2 aliphatic rings. The third-order valence-corrected chi connectivity index (χ3v) is 6.30. The van der Waals surface area contributed by atoms with Gasteiger partial charge in [-0.2, -0.15) is 0 Å². The van der Waals surface area contributed by atoms with E-state index in [0.717, 1.165) is 5.69 Å². The summed E-state index contributed by atoms with van der Waals surface area (Å²) >= 11 is 5.96. The second-order valence-corrected chi connectivity index (χ2v) is 8.83. The summed E-state index contributed by atoms with van der Waals surface area (Å²) < 4.78 is 13.2. The first-order valence-electron chi connectivity index (χ1n) is 11.2. The van der Waals surface area contributed by atoms with Gasteiger partial charge < -0.3 is 20.4 Å². The zero-order valence-electron chi connectivity index (χ0n) is 18.7. The molecule has 2 heterocycles. The first-order valence-corrected chi connectivity index (χ1v) is 11.6. The molecule has 1 atom stereocenters. The van der Waals surface area contributed by atoms with Gasteiger partial charge in [0.05, 0.1) is 13.0 Å². The summed E-state index contributed by atoms with van der Waals surface area (Å²) in [7, 11) is 0. The molecule has 2 aromatic carbocycles. The molecule has 180 valence electrons. The predicted molar refractivity (Wildman–Crippen MR) is 128 cm³/mol. The fraction of sp³-hybridized carbons (Fsp3) is 0.375. The lowest BCUT2D eigenvalue weighted by Gasteiger charge is -2.39. The van der Waals surface area contributed by atoms with E-state index in [0.29, 0.717) is 50.0 Å². The molecule has 0 aromatic heterocycles. The topological polar surface area (TPSA) is 85.0 Å². The van der Waals surface area contributed by atoms with Crippen molar-refractivity contribution in [2.75, 3.05) is 56.0 Å². The average molecular weight is 488 g/mol. The molecule has 2 saturated heterocycles. The van der Waals surface area contributed by atoms with Gasteiger partial charge in [0.2, 0.25) is 17.7 Å². The molecule has 0 saturated carbocycles. The Labute approximate surface area is 202 Å². The largest absolute Gasteiger partial charge is 0.369 e. The molecule has 3 amide bonds. The summed E-state index contributed by atoms with van der Waals surface area (Å²) in [5, 5.41) is 5.97. The highest BCUT2D eigenvalue weighted by atomic mass is 35.5. The first kappa shape index (κ1) is 24.0.